The highest BCUT2D eigenvalue weighted by atomic mass is 35.5. The molecule has 2 aromatic rings. The molecule has 4 nitrogen and oxygen atoms in total. The van der Waals surface area contributed by atoms with Gasteiger partial charge in [-0.05, 0) is 55.7 Å². The van der Waals surface area contributed by atoms with Crippen molar-refractivity contribution in [1.29, 1.82) is 5.26 Å². The maximum atomic E-state index is 13.3. The molecule has 2 unspecified atom stereocenters. The highest BCUT2D eigenvalue weighted by molar-refractivity contribution is 6.35. The lowest BCUT2D eigenvalue weighted by Gasteiger charge is -2.58. The van der Waals surface area contributed by atoms with Gasteiger partial charge in [-0.1, -0.05) is 31.5 Å². The molecule has 3 fully saturated rings. The molecule has 2 atom stereocenters. The lowest BCUT2D eigenvalue weighted by molar-refractivity contribution is -0.152. The zero-order valence-corrected chi connectivity index (χ0v) is 16.7. The number of halogens is 1. The van der Waals surface area contributed by atoms with Crippen LogP contribution in [0.4, 0.5) is 0 Å². The highest BCUT2D eigenvalue weighted by Gasteiger charge is 2.55. The number of carbonyl (C=O) groups is 1. The molecule has 1 saturated carbocycles. The van der Waals surface area contributed by atoms with Gasteiger partial charge in [0, 0.05) is 35.6 Å². The molecule has 142 valence electrons. The number of rotatable bonds is 5. The van der Waals surface area contributed by atoms with Crippen LogP contribution in [0.15, 0.2) is 24.4 Å². The average Bonchev–Trinajstić information content (AvgIpc) is 3.09. The maximum absolute atomic E-state index is 13.3. The van der Waals surface area contributed by atoms with Gasteiger partial charge >= 0.3 is 0 Å². The molecule has 27 heavy (non-hydrogen) atoms. The third kappa shape index (κ3) is 2.93. The van der Waals surface area contributed by atoms with Gasteiger partial charge in [0.1, 0.15) is 0 Å². The Morgan fingerprint density at radius 1 is 1.41 bits per heavy atom. The number of nitrogens with one attached hydrogen (secondary N) is 1. The monoisotopic (exact) mass is 383 g/mol. The molecule has 2 aliphatic heterocycles. The van der Waals surface area contributed by atoms with E-state index in [0.29, 0.717) is 6.42 Å². The van der Waals surface area contributed by atoms with Gasteiger partial charge in [0.05, 0.1) is 16.5 Å². The summed E-state index contributed by atoms with van der Waals surface area (Å²) in [5.41, 5.74) is 1.98. The molecule has 1 aromatic heterocycles. The fourth-order valence-corrected chi connectivity index (χ4v) is 5.50. The van der Waals surface area contributed by atoms with Gasteiger partial charge in [-0.3, -0.25) is 4.79 Å². The van der Waals surface area contributed by atoms with Crippen LogP contribution in [0, 0.1) is 16.7 Å². The maximum Gasteiger partial charge on any atom is 0.223 e. The predicted molar refractivity (Wildman–Crippen MR) is 108 cm³/mol. The third-order valence-corrected chi connectivity index (χ3v) is 7.02. The SMILES string of the molecule is CCC(CC(=O)N1C(CC)CC2(C#N)CC1C2)c1c[nH]c2cccc(Cl)c12. The molecule has 0 spiro atoms. The molecule has 2 bridgehead atoms. The molecule has 0 radical (unpaired) electrons. The first-order valence-corrected chi connectivity index (χ1v) is 10.4. The number of nitrogens with zero attached hydrogens (tertiary/aromatic N) is 2. The van der Waals surface area contributed by atoms with Crippen LogP contribution < -0.4 is 0 Å². The number of piperidine rings is 2. The lowest BCUT2D eigenvalue weighted by atomic mass is 9.58. The summed E-state index contributed by atoms with van der Waals surface area (Å²) >= 11 is 6.45. The fourth-order valence-electron chi connectivity index (χ4n) is 5.22. The summed E-state index contributed by atoms with van der Waals surface area (Å²) in [6.07, 6.45) is 6.85. The van der Waals surface area contributed by atoms with E-state index in [1.54, 1.807) is 0 Å². The Hall–Kier alpha value is -1.99. The zero-order chi connectivity index (χ0) is 19.2. The summed E-state index contributed by atoms with van der Waals surface area (Å²) < 4.78 is 0. The first-order chi connectivity index (χ1) is 13.0. The van der Waals surface area contributed by atoms with Crippen LogP contribution >= 0.6 is 11.6 Å². The van der Waals surface area contributed by atoms with E-state index in [1.807, 2.05) is 24.4 Å². The topological polar surface area (TPSA) is 59.9 Å². The summed E-state index contributed by atoms with van der Waals surface area (Å²) in [5.74, 6) is 0.373. The number of carbonyl (C=O) groups excluding carboxylic acids is 1. The van der Waals surface area contributed by atoms with E-state index in [0.717, 1.165) is 53.6 Å². The summed E-state index contributed by atoms with van der Waals surface area (Å²) in [4.78, 5) is 18.7. The number of hydrogen-bond donors (Lipinski definition) is 1. The van der Waals surface area contributed by atoms with Crippen molar-refractivity contribution < 1.29 is 4.79 Å². The minimum atomic E-state index is -0.170. The first kappa shape index (κ1) is 18.4. The molecule has 3 aliphatic rings. The van der Waals surface area contributed by atoms with E-state index in [9.17, 15) is 10.1 Å². The van der Waals surface area contributed by atoms with Crippen molar-refractivity contribution in [3.63, 3.8) is 0 Å². The molecule has 5 rings (SSSR count). The van der Waals surface area contributed by atoms with Crippen LogP contribution in [0.3, 0.4) is 0 Å². The standard InChI is InChI=1S/C22H26ClN3O/c1-3-14(17-12-25-19-7-5-6-18(23)21(17)19)8-20(27)26-15(4-2)9-22(13-24)10-16(26)11-22/h5-7,12,14-16,25H,3-4,8-11H2,1-2H3. The van der Waals surface area contributed by atoms with E-state index in [-0.39, 0.29) is 29.3 Å². The van der Waals surface area contributed by atoms with Gasteiger partial charge in [-0.25, -0.2) is 0 Å². The predicted octanol–water partition coefficient (Wildman–Crippen LogP) is 5.39. The molecule has 1 N–H and O–H groups in total. The van der Waals surface area contributed by atoms with Crippen LogP contribution in [0.2, 0.25) is 5.02 Å². The minimum Gasteiger partial charge on any atom is -0.361 e. The van der Waals surface area contributed by atoms with Crippen LogP contribution in [0.1, 0.15) is 63.9 Å². The van der Waals surface area contributed by atoms with E-state index in [2.05, 4.69) is 29.8 Å². The average molecular weight is 384 g/mol. The Morgan fingerprint density at radius 3 is 2.85 bits per heavy atom. The third-order valence-electron chi connectivity index (χ3n) is 6.70. The number of amides is 1. The van der Waals surface area contributed by atoms with E-state index in [4.69, 9.17) is 11.6 Å². The Morgan fingerprint density at radius 2 is 2.19 bits per heavy atom. The van der Waals surface area contributed by atoms with Gasteiger partial charge in [-0.2, -0.15) is 5.26 Å². The van der Waals surface area contributed by atoms with Crippen molar-refractivity contribution in [3.8, 4) is 6.07 Å². The first-order valence-electron chi connectivity index (χ1n) is 9.99. The van der Waals surface area contributed by atoms with E-state index in [1.165, 1.54) is 0 Å². The Balaban J connectivity index is 1.57. The normalized spacial score (nSPS) is 27.9. The molecular weight excluding hydrogens is 358 g/mol. The second-order valence-electron chi connectivity index (χ2n) is 8.24. The molecular formula is C22H26ClN3O. The number of hydrogen-bond acceptors (Lipinski definition) is 2. The summed E-state index contributed by atoms with van der Waals surface area (Å²) in [6.45, 7) is 4.25. The van der Waals surface area contributed by atoms with Crippen LogP contribution in [0.5, 0.6) is 0 Å². The fraction of sp³-hybridized carbons (Fsp3) is 0.545. The number of fused-ring (bicyclic) bond motifs is 3. The quantitative estimate of drug-likeness (QED) is 0.752. The van der Waals surface area contributed by atoms with E-state index >= 15 is 0 Å². The second kappa shape index (κ2) is 6.87. The van der Waals surface area contributed by atoms with Gasteiger partial charge in [0.15, 0.2) is 0 Å². The van der Waals surface area contributed by atoms with Crippen LogP contribution in [-0.2, 0) is 4.79 Å². The number of aromatic amines is 1. The number of benzene rings is 1. The second-order valence-corrected chi connectivity index (χ2v) is 8.64. The van der Waals surface area contributed by atoms with Crippen molar-refractivity contribution in [2.75, 3.05) is 0 Å². The number of nitriles is 1. The van der Waals surface area contributed by atoms with Gasteiger partial charge in [0.25, 0.3) is 0 Å². The summed E-state index contributed by atoms with van der Waals surface area (Å²) in [7, 11) is 0. The lowest BCUT2D eigenvalue weighted by Crippen LogP contribution is -2.63. The van der Waals surface area contributed by atoms with Crippen molar-refractivity contribution in [2.45, 2.75) is 70.4 Å². The van der Waals surface area contributed by atoms with E-state index < -0.39 is 0 Å². The van der Waals surface area contributed by atoms with Crippen molar-refractivity contribution in [3.05, 3.63) is 35.0 Å². The Bertz CT molecular complexity index is 906. The van der Waals surface area contributed by atoms with Gasteiger partial charge in [0.2, 0.25) is 5.91 Å². The van der Waals surface area contributed by atoms with Gasteiger partial charge in [-0.15, -0.1) is 0 Å². The number of aromatic nitrogens is 1. The molecule has 1 aliphatic carbocycles. The summed E-state index contributed by atoms with van der Waals surface area (Å²) in [5, 5.41) is 11.3. The largest absolute Gasteiger partial charge is 0.361 e. The highest BCUT2D eigenvalue weighted by Crippen LogP contribution is 2.53. The number of H-pyrrole nitrogens is 1. The molecule has 1 aromatic carbocycles. The molecule has 5 heteroatoms. The molecule has 2 saturated heterocycles. The molecule has 3 heterocycles. The smallest absolute Gasteiger partial charge is 0.223 e. The van der Waals surface area contributed by atoms with Crippen LogP contribution in [-0.4, -0.2) is 27.9 Å². The van der Waals surface area contributed by atoms with Crippen molar-refractivity contribution in [1.82, 2.24) is 9.88 Å². The Labute approximate surface area is 165 Å². The van der Waals surface area contributed by atoms with Crippen molar-refractivity contribution in [2.24, 2.45) is 5.41 Å². The molecule has 1 amide bonds. The summed E-state index contributed by atoms with van der Waals surface area (Å²) in [6, 6.07) is 8.83. The van der Waals surface area contributed by atoms with Gasteiger partial charge < -0.3 is 9.88 Å². The minimum absolute atomic E-state index is 0.145. The van der Waals surface area contributed by atoms with Crippen molar-refractivity contribution >= 4 is 28.4 Å². The Kier molecular flexibility index (Phi) is 4.68. The van der Waals surface area contributed by atoms with Crippen LogP contribution in [0.25, 0.3) is 10.9 Å². The zero-order valence-electron chi connectivity index (χ0n) is 16.0.